The summed E-state index contributed by atoms with van der Waals surface area (Å²) in [5, 5.41) is 0. The molecule has 200 valence electrons. The lowest BCUT2D eigenvalue weighted by Crippen LogP contribution is -2.54. The normalized spacial score (nSPS) is 33.0. The molecule has 0 bridgehead atoms. The molecule has 5 heteroatoms. The fraction of sp³-hybridized carbons (Fsp3) is 0.594. The number of ether oxygens (including phenoxy) is 4. The molecule has 0 spiro atoms. The third-order valence-electron chi connectivity index (χ3n) is 10.0. The molecular formula is C32H42O5. The van der Waals surface area contributed by atoms with Crippen LogP contribution >= 0.6 is 0 Å². The van der Waals surface area contributed by atoms with Crippen molar-refractivity contribution in [3.05, 3.63) is 59.2 Å². The Kier molecular flexibility index (Phi) is 7.04. The van der Waals surface area contributed by atoms with Crippen LogP contribution in [0, 0.1) is 22.7 Å². The van der Waals surface area contributed by atoms with Gasteiger partial charge < -0.3 is 18.9 Å². The van der Waals surface area contributed by atoms with Crippen molar-refractivity contribution in [3.63, 3.8) is 0 Å². The summed E-state index contributed by atoms with van der Waals surface area (Å²) < 4.78 is 23.8. The highest BCUT2D eigenvalue weighted by Gasteiger charge is 2.64. The van der Waals surface area contributed by atoms with Gasteiger partial charge in [-0.25, -0.2) is 4.79 Å². The number of methoxy groups -OCH3 is 1. The molecule has 0 amide bonds. The van der Waals surface area contributed by atoms with Crippen LogP contribution in [0.2, 0.25) is 0 Å². The summed E-state index contributed by atoms with van der Waals surface area (Å²) in [4.78, 5) is 13.0. The second-order valence-corrected chi connectivity index (χ2v) is 11.8. The molecule has 0 N–H and O–H groups in total. The van der Waals surface area contributed by atoms with Gasteiger partial charge in [0.05, 0.1) is 12.7 Å². The second kappa shape index (κ2) is 9.98. The molecule has 0 aliphatic heterocycles. The van der Waals surface area contributed by atoms with Crippen LogP contribution in [0.15, 0.2) is 42.5 Å². The molecular weight excluding hydrogens is 464 g/mol. The predicted octanol–water partition coefficient (Wildman–Crippen LogP) is 7.17. The Labute approximate surface area is 221 Å². The van der Waals surface area contributed by atoms with Crippen LogP contribution in [0.4, 0.5) is 0 Å². The summed E-state index contributed by atoms with van der Waals surface area (Å²) in [6.45, 7) is 11.8. The standard InChI is InChI=1S/C32H42O5/c1-7-35-21(3)36-27-19-25-23(18-26(27)34-6)17-20(2)29-24(25)13-15-31(4)28(14-16-32(29,31)5)37-30(33)22-11-9-8-10-12-22/h8-12,18-21,24,28-29H,7,13-17H2,1-6H3/t20-,21?,24-,28+,29-,31-,32-/m1/s1. The number of fused-ring (bicyclic) bond motifs is 5. The van der Waals surface area contributed by atoms with Crippen molar-refractivity contribution >= 4 is 5.97 Å². The van der Waals surface area contributed by atoms with E-state index in [2.05, 4.69) is 32.9 Å². The molecule has 7 atom stereocenters. The van der Waals surface area contributed by atoms with Gasteiger partial charge in [0, 0.05) is 12.0 Å². The molecule has 0 radical (unpaired) electrons. The number of carbonyl (C=O) groups excluding carboxylic acids is 1. The van der Waals surface area contributed by atoms with Gasteiger partial charge in [-0.1, -0.05) is 39.0 Å². The highest BCUT2D eigenvalue weighted by molar-refractivity contribution is 5.89. The first-order chi connectivity index (χ1) is 17.7. The van der Waals surface area contributed by atoms with E-state index < -0.39 is 0 Å². The molecule has 0 saturated heterocycles. The molecule has 1 unspecified atom stereocenters. The van der Waals surface area contributed by atoms with E-state index in [1.807, 2.05) is 44.2 Å². The van der Waals surface area contributed by atoms with Gasteiger partial charge in [0.1, 0.15) is 6.10 Å². The lowest BCUT2D eigenvalue weighted by molar-refractivity contribution is -0.103. The first-order valence-electron chi connectivity index (χ1n) is 14.0. The quantitative estimate of drug-likeness (QED) is 0.294. The third-order valence-corrected chi connectivity index (χ3v) is 10.0. The van der Waals surface area contributed by atoms with Gasteiger partial charge >= 0.3 is 5.97 Å². The lowest BCUT2D eigenvalue weighted by atomic mass is 9.46. The molecule has 2 aromatic carbocycles. The van der Waals surface area contributed by atoms with Crippen LogP contribution in [0.5, 0.6) is 11.5 Å². The van der Waals surface area contributed by atoms with Crippen molar-refractivity contribution in [2.24, 2.45) is 22.7 Å². The number of rotatable bonds is 7. The van der Waals surface area contributed by atoms with Gasteiger partial charge in [-0.3, -0.25) is 0 Å². The second-order valence-electron chi connectivity index (χ2n) is 11.8. The average Bonchev–Trinajstić information content (AvgIpc) is 3.14. The zero-order valence-electron chi connectivity index (χ0n) is 23.2. The molecule has 2 saturated carbocycles. The van der Waals surface area contributed by atoms with Crippen molar-refractivity contribution in [1.29, 1.82) is 0 Å². The molecule has 0 aromatic heterocycles. The third kappa shape index (κ3) is 4.33. The van der Waals surface area contributed by atoms with E-state index in [4.69, 9.17) is 18.9 Å². The zero-order valence-corrected chi connectivity index (χ0v) is 23.2. The van der Waals surface area contributed by atoms with E-state index in [1.54, 1.807) is 7.11 Å². The van der Waals surface area contributed by atoms with Crippen LogP contribution in [0.3, 0.4) is 0 Å². The summed E-state index contributed by atoms with van der Waals surface area (Å²) in [7, 11) is 1.71. The van der Waals surface area contributed by atoms with E-state index >= 15 is 0 Å². The Morgan fingerprint density at radius 2 is 1.78 bits per heavy atom. The van der Waals surface area contributed by atoms with Gasteiger partial charge in [0.2, 0.25) is 0 Å². The van der Waals surface area contributed by atoms with Crippen molar-refractivity contribution in [1.82, 2.24) is 0 Å². The Bertz CT molecular complexity index is 1130. The number of esters is 1. The maximum Gasteiger partial charge on any atom is 0.338 e. The number of benzene rings is 2. The SMILES string of the molecule is CCOC(C)Oc1cc2c(cc1OC)C[C@@H](C)[C@@H]1[C@@H]2CC[C@]2(C)[C@@H](OC(=O)c3ccccc3)CC[C@]12C. The molecule has 3 aliphatic rings. The molecule has 5 nitrogen and oxygen atoms in total. The van der Waals surface area contributed by atoms with E-state index in [9.17, 15) is 4.79 Å². The minimum Gasteiger partial charge on any atom is -0.493 e. The fourth-order valence-electron chi connectivity index (χ4n) is 8.12. The molecule has 2 fully saturated rings. The number of hydrogen-bond acceptors (Lipinski definition) is 5. The smallest absolute Gasteiger partial charge is 0.338 e. The highest BCUT2D eigenvalue weighted by Crippen LogP contribution is 2.69. The van der Waals surface area contributed by atoms with Crippen molar-refractivity contribution in [2.75, 3.05) is 13.7 Å². The Morgan fingerprint density at radius 1 is 1.05 bits per heavy atom. The van der Waals surface area contributed by atoms with E-state index in [-0.39, 0.29) is 29.2 Å². The molecule has 3 aliphatic carbocycles. The summed E-state index contributed by atoms with van der Waals surface area (Å²) in [6, 6.07) is 13.8. The molecule has 37 heavy (non-hydrogen) atoms. The van der Waals surface area contributed by atoms with Crippen LogP contribution in [-0.2, 0) is 15.9 Å². The molecule has 0 heterocycles. The Hall–Kier alpha value is -2.53. The van der Waals surface area contributed by atoms with Gasteiger partial charge in [0.15, 0.2) is 17.8 Å². The summed E-state index contributed by atoms with van der Waals surface area (Å²) >= 11 is 0. The highest BCUT2D eigenvalue weighted by atomic mass is 16.7. The maximum atomic E-state index is 13.0. The minimum absolute atomic E-state index is 0.0420. The van der Waals surface area contributed by atoms with Gasteiger partial charge in [-0.15, -0.1) is 0 Å². The van der Waals surface area contributed by atoms with Crippen molar-refractivity contribution in [2.45, 2.75) is 85.0 Å². The summed E-state index contributed by atoms with van der Waals surface area (Å²) in [5.41, 5.74) is 3.46. The van der Waals surface area contributed by atoms with Crippen LogP contribution < -0.4 is 9.47 Å². The summed E-state index contributed by atoms with van der Waals surface area (Å²) in [6.07, 6.45) is 4.77. The van der Waals surface area contributed by atoms with Gasteiger partial charge in [-0.2, -0.15) is 0 Å². The number of hydrogen-bond donors (Lipinski definition) is 0. The fourth-order valence-corrected chi connectivity index (χ4v) is 8.12. The van der Waals surface area contributed by atoms with E-state index in [1.165, 1.54) is 11.1 Å². The molecule has 5 rings (SSSR count). The zero-order chi connectivity index (χ0) is 26.4. The number of carbonyl (C=O) groups is 1. The Balaban J connectivity index is 1.44. The van der Waals surface area contributed by atoms with Crippen LogP contribution in [0.25, 0.3) is 0 Å². The summed E-state index contributed by atoms with van der Waals surface area (Å²) in [5.74, 6) is 2.84. The van der Waals surface area contributed by atoms with Crippen LogP contribution in [-0.4, -0.2) is 32.1 Å². The average molecular weight is 507 g/mol. The monoisotopic (exact) mass is 506 g/mol. The minimum atomic E-state index is -0.336. The van der Waals surface area contributed by atoms with Crippen molar-refractivity contribution in [3.8, 4) is 11.5 Å². The predicted molar refractivity (Wildman–Crippen MR) is 144 cm³/mol. The van der Waals surface area contributed by atoms with Crippen LogP contribution in [0.1, 0.15) is 87.7 Å². The lowest BCUT2D eigenvalue weighted by Gasteiger charge is -2.59. The van der Waals surface area contributed by atoms with Crippen molar-refractivity contribution < 1.29 is 23.7 Å². The first kappa shape index (κ1) is 26.1. The first-order valence-corrected chi connectivity index (χ1v) is 14.0. The maximum absolute atomic E-state index is 13.0. The van der Waals surface area contributed by atoms with E-state index in [0.717, 1.165) is 43.6 Å². The largest absolute Gasteiger partial charge is 0.493 e. The van der Waals surface area contributed by atoms with E-state index in [0.29, 0.717) is 29.9 Å². The van der Waals surface area contributed by atoms with Gasteiger partial charge in [0.25, 0.3) is 0 Å². The topological polar surface area (TPSA) is 54.0 Å². The van der Waals surface area contributed by atoms with Gasteiger partial charge in [-0.05, 0) is 105 Å². The Morgan fingerprint density at radius 3 is 2.49 bits per heavy atom. The molecule has 2 aromatic rings.